The Morgan fingerprint density at radius 2 is 1.90 bits per heavy atom. The van der Waals surface area contributed by atoms with Crippen molar-refractivity contribution < 1.29 is 4.74 Å². The first-order valence-corrected chi connectivity index (χ1v) is 10.6. The molecule has 7 nitrogen and oxygen atoms in total. The second-order valence-electron chi connectivity index (χ2n) is 7.59. The van der Waals surface area contributed by atoms with Crippen molar-refractivity contribution in [3.05, 3.63) is 42.2 Å². The summed E-state index contributed by atoms with van der Waals surface area (Å²) in [4.78, 5) is 4.54. The number of nitrogens with two attached hydrogens (primary N) is 1. The zero-order valence-corrected chi connectivity index (χ0v) is 17.2. The molecule has 3 aromatic rings. The van der Waals surface area contributed by atoms with Gasteiger partial charge in [-0.25, -0.2) is 9.50 Å². The maximum Gasteiger partial charge on any atom is 0.177 e. The van der Waals surface area contributed by atoms with Crippen LogP contribution in [0.15, 0.2) is 36.7 Å². The Morgan fingerprint density at radius 3 is 2.59 bits per heavy atom. The van der Waals surface area contributed by atoms with E-state index in [0.717, 1.165) is 66.3 Å². The van der Waals surface area contributed by atoms with Crippen LogP contribution in [-0.2, 0) is 6.42 Å². The Labute approximate surface area is 171 Å². The number of nitrogens with one attached hydrogen (secondary N) is 2. The van der Waals surface area contributed by atoms with Crippen molar-refractivity contribution in [2.45, 2.75) is 58.0 Å². The van der Waals surface area contributed by atoms with Crippen LogP contribution in [0, 0.1) is 0 Å². The van der Waals surface area contributed by atoms with Crippen LogP contribution in [0.2, 0.25) is 0 Å². The molecular weight excluding hydrogens is 364 g/mol. The molecule has 7 heteroatoms. The number of aromatic nitrogens is 3. The predicted molar refractivity (Wildman–Crippen MR) is 117 cm³/mol. The van der Waals surface area contributed by atoms with E-state index in [9.17, 15) is 0 Å². The first-order chi connectivity index (χ1) is 14.2. The molecule has 0 unspecified atom stereocenters. The molecule has 154 valence electrons. The first-order valence-electron chi connectivity index (χ1n) is 10.6. The number of fused-ring (bicyclic) bond motifs is 1. The zero-order valence-electron chi connectivity index (χ0n) is 17.2. The van der Waals surface area contributed by atoms with E-state index in [2.05, 4.69) is 22.5 Å². The summed E-state index contributed by atoms with van der Waals surface area (Å²) in [7, 11) is 0. The van der Waals surface area contributed by atoms with Crippen molar-refractivity contribution in [2.24, 2.45) is 5.73 Å². The van der Waals surface area contributed by atoms with Crippen LogP contribution in [0.4, 0.5) is 17.2 Å². The number of hydrogen-bond donors (Lipinski definition) is 3. The van der Waals surface area contributed by atoms with Gasteiger partial charge in [0.2, 0.25) is 0 Å². The van der Waals surface area contributed by atoms with Gasteiger partial charge in [-0.1, -0.05) is 6.92 Å². The minimum absolute atomic E-state index is 0.333. The largest absolute Gasteiger partial charge is 0.494 e. The maximum atomic E-state index is 6.07. The molecule has 0 saturated heterocycles. The highest BCUT2D eigenvalue weighted by molar-refractivity contribution is 5.80. The topological polar surface area (TPSA) is 89.5 Å². The summed E-state index contributed by atoms with van der Waals surface area (Å²) < 4.78 is 7.39. The molecule has 4 rings (SSSR count). The van der Waals surface area contributed by atoms with Gasteiger partial charge in [0.25, 0.3) is 0 Å². The van der Waals surface area contributed by atoms with Crippen LogP contribution >= 0.6 is 0 Å². The molecule has 1 fully saturated rings. The Hall–Kier alpha value is -2.80. The zero-order chi connectivity index (χ0) is 20.2. The summed E-state index contributed by atoms with van der Waals surface area (Å²) in [6.07, 6.45) is 8.80. The van der Waals surface area contributed by atoms with Crippen LogP contribution in [0.25, 0.3) is 5.65 Å². The van der Waals surface area contributed by atoms with E-state index in [1.54, 1.807) is 6.20 Å². The number of anilines is 3. The Kier molecular flexibility index (Phi) is 5.85. The van der Waals surface area contributed by atoms with Gasteiger partial charge in [-0.15, -0.1) is 5.10 Å². The Morgan fingerprint density at radius 1 is 1.14 bits per heavy atom. The molecule has 1 aliphatic carbocycles. The summed E-state index contributed by atoms with van der Waals surface area (Å²) in [6.45, 7) is 4.80. The normalized spacial score (nSPS) is 19.3. The molecule has 1 aromatic carbocycles. The molecule has 0 bridgehead atoms. The average molecular weight is 395 g/mol. The van der Waals surface area contributed by atoms with E-state index in [-0.39, 0.29) is 0 Å². The van der Waals surface area contributed by atoms with Gasteiger partial charge < -0.3 is 21.1 Å². The fraction of sp³-hybridized carbons (Fsp3) is 0.455. The third-order valence-electron chi connectivity index (χ3n) is 5.54. The lowest BCUT2D eigenvalue weighted by Crippen LogP contribution is -2.33. The molecule has 0 aliphatic heterocycles. The van der Waals surface area contributed by atoms with Crippen molar-refractivity contribution >= 4 is 22.8 Å². The van der Waals surface area contributed by atoms with E-state index in [0.29, 0.717) is 18.7 Å². The fourth-order valence-corrected chi connectivity index (χ4v) is 3.97. The number of imidazole rings is 1. The second-order valence-corrected chi connectivity index (χ2v) is 7.59. The van der Waals surface area contributed by atoms with E-state index in [4.69, 9.17) is 15.6 Å². The van der Waals surface area contributed by atoms with Gasteiger partial charge in [-0.3, -0.25) is 0 Å². The minimum atomic E-state index is 0.333. The van der Waals surface area contributed by atoms with E-state index in [1.807, 2.05) is 41.9 Å². The molecule has 0 atom stereocenters. The number of ether oxygens (including phenoxy) is 1. The molecule has 2 aromatic heterocycles. The molecule has 0 radical (unpaired) electrons. The average Bonchev–Trinajstić information content (AvgIpc) is 3.20. The lowest BCUT2D eigenvalue weighted by molar-refractivity contribution is 0.340. The quantitative estimate of drug-likeness (QED) is 0.559. The second kappa shape index (κ2) is 8.69. The molecule has 29 heavy (non-hydrogen) atoms. The molecule has 1 saturated carbocycles. The van der Waals surface area contributed by atoms with Gasteiger partial charge in [-0.2, -0.15) is 0 Å². The van der Waals surface area contributed by atoms with Crippen LogP contribution in [0.5, 0.6) is 5.75 Å². The minimum Gasteiger partial charge on any atom is -0.494 e. The van der Waals surface area contributed by atoms with Crippen LogP contribution in [-0.4, -0.2) is 33.3 Å². The van der Waals surface area contributed by atoms with Crippen molar-refractivity contribution in [2.75, 3.05) is 17.2 Å². The highest BCUT2D eigenvalue weighted by Crippen LogP contribution is 2.32. The molecule has 2 heterocycles. The van der Waals surface area contributed by atoms with E-state index < -0.39 is 0 Å². The number of benzene rings is 1. The summed E-state index contributed by atoms with van der Waals surface area (Å²) in [5, 5.41) is 12.1. The first kappa shape index (κ1) is 19.5. The molecule has 1 aliphatic rings. The van der Waals surface area contributed by atoms with E-state index >= 15 is 0 Å². The van der Waals surface area contributed by atoms with Gasteiger partial charge in [-0.05, 0) is 63.3 Å². The molecular formula is C22H30N6O. The highest BCUT2D eigenvalue weighted by Gasteiger charge is 2.22. The number of nitrogens with zero attached hydrogens (tertiary/aromatic N) is 3. The summed E-state index contributed by atoms with van der Waals surface area (Å²) in [5.41, 5.74) is 10.0. The Bertz CT molecular complexity index is 944. The van der Waals surface area contributed by atoms with Gasteiger partial charge >= 0.3 is 0 Å². The van der Waals surface area contributed by atoms with E-state index in [1.165, 1.54) is 0 Å². The van der Waals surface area contributed by atoms with Gasteiger partial charge in [0, 0.05) is 35.7 Å². The summed E-state index contributed by atoms with van der Waals surface area (Å²) in [5.74, 6) is 1.79. The summed E-state index contributed by atoms with van der Waals surface area (Å²) in [6, 6.07) is 8.75. The third kappa shape index (κ3) is 4.29. The van der Waals surface area contributed by atoms with Crippen LogP contribution in [0.3, 0.4) is 0 Å². The lowest BCUT2D eigenvalue weighted by atomic mass is 9.91. The van der Waals surface area contributed by atoms with Gasteiger partial charge in [0.05, 0.1) is 12.3 Å². The van der Waals surface area contributed by atoms with Crippen LogP contribution in [0.1, 0.15) is 45.1 Å². The Balaban J connectivity index is 1.65. The molecule has 0 spiro atoms. The number of rotatable bonds is 7. The standard InChI is InChI=1S/C22H30N6O/c1-3-19-20(25-16-9-11-18(12-10-16)29-4-2)22-24-13-14-28(22)27-21(19)26-17-7-5-15(23)6-8-17/h9-15,17,25H,3-8,23H2,1-2H3,(H,26,27)/t15-,17-. The van der Waals surface area contributed by atoms with Gasteiger partial charge in [0.1, 0.15) is 5.75 Å². The monoisotopic (exact) mass is 394 g/mol. The van der Waals surface area contributed by atoms with Crippen molar-refractivity contribution in [3.8, 4) is 5.75 Å². The fourth-order valence-electron chi connectivity index (χ4n) is 3.97. The summed E-state index contributed by atoms with van der Waals surface area (Å²) >= 11 is 0. The third-order valence-corrected chi connectivity index (χ3v) is 5.54. The smallest absolute Gasteiger partial charge is 0.177 e. The predicted octanol–water partition coefficient (Wildman–Crippen LogP) is 4.12. The molecule has 0 amide bonds. The number of hydrogen-bond acceptors (Lipinski definition) is 6. The van der Waals surface area contributed by atoms with Crippen molar-refractivity contribution in [3.63, 3.8) is 0 Å². The van der Waals surface area contributed by atoms with Crippen molar-refractivity contribution in [1.82, 2.24) is 14.6 Å². The SMILES string of the molecule is CCOc1ccc(Nc2c(CC)c(N[C@H]3CC[C@H](N)CC3)nn3ccnc23)cc1. The highest BCUT2D eigenvalue weighted by atomic mass is 16.5. The van der Waals surface area contributed by atoms with Crippen molar-refractivity contribution in [1.29, 1.82) is 0 Å². The van der Waals surface area contributed by atoms with Gasteiger partial charge in [0.15, 0.2) is 11.5 Å². The maximum absolute atomic E-state index is 6.07. The lowest BCUT2D eigenvalue weighted by Gasteiger charge is -2.28. The molecule has 4 N–H and O–H groups in total. The van der Waals surface area contributed by atoms with Crippen LogP contribution < -0.4 is 21.1 Å².